The van der Waals surface area contributed by atoms with Crippen LogP contribution in [0.15, 0.2) is 91.0 Å². The highest BCUT2D eigenvalue weighted by atomic mass is 31.0. The van der Waals surface area contributed by atoms with Crippen molar-refractivity contribution in [1.29, 1.82) is 0 Å². The minimum atomic E-state index is -0.357. The molecular formula is C20H20NP. The SMILES string of the molecule is NC(c1ccccc1)C(P)(c1ccccc1)c1ccccc1. The number of hydrogen-bond acceptors (Lipinski definition) is 1. The van der Waals surface area contributed by atoms with Crippen LogP contribution in [-0.4, -0.2) is 0 Å². The maximum atomic E-state index is 6.72. The van der Waals surface area contributed by atoms with Crippen molar-refractivity contribution < 1.29 is 0 Å². The Morgan fingerprint density at radius 2 is 1.00 bits per heavy atom. The van der Waals surface area contributed by atoms with Crippen molar-refractivity contribution in [2.24, 2.45) is 5.73 Å². The van der Waals surface area contributed by atoms with Crippen LogP contribution in [0.5, 0.6) is 0 Å². The van der Waals surface area contributed by atoms with Gasteiger partial charge < -0.3 is 5.73 Å². The number of nitrogens with two attached hydrogens (primary N) is 1. The zero-order valence-corrected chi connectivity index (χ0v) is 13.5. The third kappa shape index (κ3) is 2.70. The molecule has 2 unspecified atom stereocenters. The van der Waals surface area contributed by atoms with E-state index in [0.717, 1.165) is 5.56 Å². The maximum absolute atomic E-state index is 6.72. The summed E-state index contributed by atoms with van der Waals surface area (Å²) in [6.45, 7) is 0. The topological polar surface area (TPSA) is 26.0 Å². The lowest BCUT2D eigenvalue weighted by Crippen LogP contribution is -2.34. The van der Waals surface area contributed by atoms with Gasteiger partial charge in [-0.1, -0.05) is 91.0 Å². The smallest absolute Gasteiger partial charge is 0.0535 e. The fourth-order valence-corrected chi connectivity index (χ4v) is 3.45. The van der Waals surface area contributed by atoms with Crippen LogP contribution < -0.4 is 5.73 Å². The van der Waals surface area contributed by atoms with Gasteiger partial charge in [-0.3, -0.25) is 0 Å². The number of rotatable bonds is 4. The average molecular weight is 305 g/mol. The monoisotopic (exact) mass is 305 g/mol. The highest BCUT2D eigenvalue weighted by Gasteiger charge is 2.36. The quantitative estimate of drug-likeness (QED) is 0.705. The summed E-state index contributed by atoms with van der Waals surface area (Å²) in [5.41, 5.74) is 10.2. The Hall–Kier alpha value is -1.95. The van der Waals surface area contributed by atoms with Crippen molar-refractivity contribution in [2.75, 3.05) is 0 Å². The van der Waals surface area contributed by atoms with Crippen molar-refractivity contribution in [1.82, 2.24) is 0 Å². The van der Waals surface area contributed by atoms with Gasteiger partial charge in [-0.2, -0.15) is 0 Å². The molecule has 22 heavy (non-hydrogen) atoms. The molecule has 0 saturated carbocycles. The van der Waals surface area contributed by atoms with E-state index < -0.39 is 0 Å². The van der Waals surface area contributed by atoms with Crippen LogP contribution in [0.25, 0.3) is 0 Å². The molecule has 0 spiro atoms. The zero-order chi connectivity index (χ0) is 15.4. The Labute approximate surface area is 134 Å². The van der Waals surface area contributed by atoms with Crippen LogP contribution in [0.4, 0.5) is 0 Å². The van der Waals surface area contributed by atoms with E-state index in [0.29, 0.717) is 0 Å². The molecule has 0 aliphatic rings. The highest BCUT2D eigenvalue weighted by molar-refractivity contribution is 7.19. The van der Waals surface area contributed by atoms with Gasteiger partial charge in [0.15, 0.2) is 0 Å². The molecule has 0 heterocycles. The molecule has 0 saturated heterocycles. The normalized spacial score (nSPS) is 12.8. The molecule has 3 aromatic carbocycles. The van der Waals surface area contributed by atoms with E-state index in [1.807, 2.05) is 30.3 Å². The molecule has 1 nitrogen and oxygen atoms in total. The summed E-state index contributed by atoms with van der Waals surface area (Å²) < 4.78 is 0. The largest absolute Gasteiger partial charge is 0.323 e. The standard InChI is InChI=1S/C20H20NP/c21-19(16-10-4-1-5-11-16)20(22,17-12-6-2-7-13-17)18-14-8-3-9-15-18/h1-15,19H,21-22H2. The Balaban J connectivity index is 2.16. The molecule has 0 aliphatic carbocycles. The van der Waals surface area contributed by atoms with Gasteiger partial charge in [-0.15, -0.1) is 9.24 Å². The maximum Gasteiger partial charge on any atom is 0.0535 e. The van der Waals surface area contributed by atoms with Crippen molar-refractivity contribution in [3.05, 3.63) is 108 Å². The van der Waals surface area contributed by atoms with Gasteiger partial charge in [0.25, 0.3) is 0 Å². The van der Waals surface area contributed by atoms with E-state index in [-0.39, 0.29) is 11.2 Å². The first kappa shape index (κ1) is 15.0. The number of hydrogen-bond donors (Lipinski definition) is 1. The zero-order valence-electron chi connectivity index (χ0n) is 12.4. The molecule has 110 valence electrons. The highest BCUT2D eigenvalue weighted by Crippen LogP contribution is 2.47. The fourth-order valence-electron chi connectivity index (χ4n) is 2.88. The lowest BCUT2D eigenvalue weighted by Gasteiger charge is -2.37. The van der Waals surface area contributed by atoms with E-state index in [9.17, 15) is 0 Å². The molecule has 3 aromatic rings. The molecule has 3 rings (SSSR count). The summed E-state index contributed by atoms with van der Waals surface area (Å²) in [5, 5.41) is -0.357. The molecule has 0 amide bonds. The summed E-state index contributed by atoms with van der Waals surface area (Å²) in [6.07, 6.45) is 0. The van der Waals surface area contributed by atoms with Gasteiger partial charge >= 0.3 is 0 Å². The van der Waals surface area contributed by atoms with Crippen molar-refractivity contribution >= 4 is 9.24 Å². The van der Waals surface area contributed by atoms with Gasteiger partial charge in [0.05, 0.1) is 5.16 Å². The van der Waals surface area contributed by atoms with E-state index >= 15 is 0 Å². The minimum absolute atomic E-state index is 0.150. The lowest BCUT2D eigenvalue weighted by atomic mass is 9.81. The van der Waals surface area contributed by atoms with Gasteiger partial charge in [0.1, 0.15) is 0 Å². The predicted molar refractivity (Wildman–Crippen MR) is 96.7 cm³/mol. The molecule has 2 N–H and O–H groups in total. The van der Waals surface area contributed by atoms with E-state index in [1.54, 1.807) is 0 Å². The first-order valence-corrected chi connectivity index (χ1v) is 8.01. The molecule has 0 fully saturated rings. The molecule has 0 radical (unpaired) electrons. The van der Waals surface area contributed by atoms with Crippen LogP contribution in [0.2, 0.25) is 0 Å². The summed E-state index contributed by atoms with van der Waals surface area (Å²) in [4.78, 5) is 0. The van der Waals surface area contributed by atoms with Crippen molar-refractivity contribution in [3.63, 3.8) is 0 Å². The Morgan fingerprint density at radius 1 is 0.636 bits per heavy atom. The Morgan fingerprint density at radius 3 is 1.41 bits per heavy atom. The summed E-state index contributed by atoms with van der Waals surface area (Å²) in [5.74, 6) is 0. The minimum Gasteiger partial charge on any atom is -0.323 e. The van der Waals surface area contributed by atoms with Crippen LogP contribution >= 0.6 is 9.24 Å². The van der Waals surface area contributed by atoms with Crippen LogP contribution in [0, 0.1) is 0 Å². The second-order valence-electron chi connectivity index (χ2n) is 5.49. The molecule has 0 bridgehead atoms. The fraction of sp³-hybridized carbons (Fsp3) is 0.100. The van der Waals surface area contributed by atoms with Gasteiger partial charge in [-0.25, -0.2) is 0 Å². The van der Waals surface area contributed by atoms with Gasteiger partial charge in [0, 0.05) is 6.04 Å². The summed E-state index contributed by atoms with van der Waals surface area (Å²) >= 11 is 0. The van der Waals surface area contributed by atoms with Gasteiger partial charge in [-0.05, 0) is 16.7 Å². The first-order chi connectivity index (χ1) is 10.7. The average Bonchev–Trinajstić information content (AvgIpc) is 2.62. The second kappa shape index (κ2) is 6.44. The molecule has 2 atom stereocenters. The third-order valence-corrected chi connectivity index (χ3v) is 5.18. The second-order valence-corrected chi connectivity index (χ2v) is 6.40. The lowest BCUT2D eigenvalue weighted by molar-refractivity contribution is 0.578. The van der Waals surface area contributed by atoms with E-state index in [4.69, 9.17) is 5.73 Å². The third-order valence-electron chi connectivity index (χ3n) is 4.15. The predicted octanol–water partition coefficient (Wildman–Crippen LogP) is 4.51. The molecule has 0 aromatic heterocycles. The first-order valence-electron chi connectivity index (χ1n) is 7.43. The molecular weight excluding hydrogens is 285 g/mol. The van der Waals surface area contributed by atoms with Gasteiger partial charge in [0.2, 0.25) is 0 Å². The van der Waals surface area contributed by atoms with E-state index in [1.165, 1.54) is 11.1 Å². The van der Waals surface area contributed by atoms with Crippen LogP contribution in [0.1, 0.15) is 22.7 Å². The Kier molecular flexibility index (Phi) is 4.38. The molecule has 2 heteroatoms. The van der Waals surface area contributed by atoms with E-state index in [2.05, 4.69) is 69.9 Å². The summed E-state index contributed by atoms with van der Waals surface area (Å²) in [6, 6.07) is 31.0. The van der Waals surface area contributed by atoms with Crippen LogP contribution in [-0.2, 0) is 5.16 Å². The molecule has 0 aliphatic heterocycles. The summed E-state index contributed by atoms with van der Waals surface area (Å²) in [7, 11) is 3.01. The Bertz CT molecular complexity index is 671. The van der Waals surface area contributed by atoms with Crippen molar-refractivity contribution in [3.8, 4) is 0 Å². The van der Waals surface area contributed by atoms with Crippen LogP contribution in [0.3, 0.4) is 0 Å². The number of benzene rings is 3. The van der Waals surface area contributed by atoms with Crippen molar-refractivity contribution in [2.45, 2.75) is 11.2 Å².